The summed E-state index contributed by atoms with van der Waals surface area (Å²) in [6.45, 7) is 7.71. The van der Waals surface area contributed by atoms with Gasteiger partial charge in [0.2, 0.25) is 0 Å². The molecule has 1 aromatic rings. The van der Waals surface area contributed by atoms with E-state index in [1.807, 2.05) is 12.1 Å². The highest BCUT2D eigenvalue weighted by atomic mass is 35.5. The van der Waals surface area contributed by atoms with Crippen LogP contribution in [0.3, 0.4) is 0 Å². The number of nitrogens with zero attached hydrogens (tertiary/aromatic N) is 1. The SMILES string of the molecule is CCN(Cc1ccc(Cl)c(Cl)c1)CC1CCCNC1. The number of nitrogens with one attached hydrogen (secondary N) is 1. The van der Waals surface area contributed by atoms with Crippen LogP contribution in [0.4, 0.5) is 0 Å². The second kappa shape index (κ2) is 7.49. The van der Waals surface area contributed by atoms with E-state index >= 15 is 0 Å². The molecule has 0 amide bonds. The summed E-state index contributed by atoms with van der Waals surface area (Å²) in [6, 6.07) is 5.93. The zero-order valence-electron chi connectivity index (χ0n) is 11.5. The van der Waals surface area contributed by atoms with Crippen molar-refractivity contribution >= 4 is 23.2 Å². The largest absolute Gasteiger partial charge is 0.316 e. The Labute approximate surface area is 126 Å². The molecular formula is C15H22Cl2N2. The number of hydrogen-bond donors (Lipinski definition) is 1. The normalized spacial score (nSPS) is 19.9. The second-order valence-corrected chi connectivity index (χ2v) is 6.10. The van der Waals surface area contributed by atoms with Crippen LogP contribution in [0.25, 0.3) is 0 Å². The Morgan fingerprint density at radius 1 is 1.32 bits per heavy atom. The highest BCUT2D eigenvalue weighted by Crippen LogP contribution is 2.23. The summed E-state index contributed by atoms with van der Waals surface area (Å²) in [5.41, 5.74) is 1.24. The van der Waals surface area contributed by atoms with E-state index in [0.29, 0.717) is 10.0 Å². The summed E-state index contributed by atoms with van der Waals surface area (Å²) in [6.07, 6.45) is 2.64. The predicted molar refractivity (Wildman–Crippen MR) is 83.0 cm³/mol. The van der Waals surface area contributed by atoms with Gasteiger partial charge in [-0.25, -0.2) is 0 Å². The van der Waals surface area contributed by atoms with Crippen molar-refractivity contribution in [3.63, 3.8) is 0 Å². The highest BCUT2D eigenvalue weighted by Gasteiger charge is 2.16. The second-order valence-electron chi connectivity index (χ2n) is 5.29. The lowest BCUT2D eigenvalue weighted by molar-refractivity contribution is 0.209. The fourth-order valence-electron chi connectivity index (χ4n) is 2.65. The summed E-state index contributed by atoms with van der Waals surface area (Å²) in [5.74, 6) is 0.775. The van der Waals surface area contributed by atoms with E-state index in [2.05, 4.69) is 23.2 Å². The summed E-state index contributed by atoms with van der Waals surface area (Å²) in [5, 5.41) is 4.76. The first-order valence-electron chi connectivity index (χ1n) is 7.06. The van der Waals surface area contributed by atoms with Gasteiger partial charge < -0.3 is 5.32 Å². The molecule has 1 aliphatic rings. The summed E-state index contributed by atoms with van der Waals surface area (Å²) in [4.78, 5) is 2.48. The van der Waals surface area contributed by atoms with Gasteiger partial charge in [-0.3, -0.25) is 4.90 Å². The van der Waals surface area contributed by atoms with Gasteiger partial charge in [-0.2, -0.15) is 0 Å². The molecule has 2 nitrogen and oxygen atoms in total. The maximum absolute atomic E-state index is 6.07. The number of benzene rings is 1. The predicted octanol–water partition coefficient (Wildman–Crippen LogP) is 3.81. The number of hydrogen-bond acceptors (Lipinski definition) is 2. The minimum absolute atomic E-state index is 0.630. The van der Waals surface area contributed by atoms with Gasteiger partial charge in [-0.1, -0.05) is 36.2 Å². The third-order valence-electron chi connectivity index (χ3n) is 3.75. The van der Waals surface area contributed by atoms with Gasteiger partial charge in [0.1, 0.15) is 0 Å². The molecule has 0 saturated carbocycles. The summed E-state index contributed by atoms with van der Waals surface area (Å²) in [7, 11) is 0. The lowest BCUT2D eigenvalue weighted by Crippen LogP contribution is -2.38. The topological polar surface area (TPSA) is 15.3 Å². The van der Waals surface area contributed by atoms with Gasteiger partial charge in [0, 0.05) is 13.1 Å². The Bertz CT molecular complexity index is 403. The monoisotopic (exact) mass is 300 g/mol. The van der Waals surface area contributed by atoms with Gasteiger partial charge in [0.25, 0.3) is 0 Å². The molecule has 4 heteroatoms. The average molecular weight is 301 g/mol. The van der Waals surface area contributed by atoms with Crippen LogP contribution in [0.5, 0.6) is 0 Å². The molecule has 0 bridgehead atoms. The number of halogens is 2. The molecule has 1 aromatic carbocycles. The molecule has 1 aliphatic heterocycles. The van der Waals surface area contributed by atoms with Crippen LogP contribution in [0, 0.1) is 5.92 Å². The molecule has 1 unspecified atom stereocenters. The maximum Gasteiger partial charge on any atom is 0.0595 e. The van der Waals surface area contributed by atoms with Gasteiger partial charge in [0.15, 0.2) is 0 Å². The Morgan fingerprint density at radius 3 is 2.79 bits per heavy atom. The minimum atomic E-state index is 0.630. The standard InChI is InChI=1S/C15H22Cl2N2/c1-2-19(11-13-4-3-7-18-9-13)10-12-5-6-14(16)15(17)8-12/h5-6,8,13,18H,2-4,7,9-11H2,1H3. The molecule has 1 heterocycles. The van der Waals surface area contributed by atoms with E-state index in [-0.39, 0.29) is 0 Å². The van der Waals surface area contributed by atoms with Gasteiger partial charge in [-0.05, 0) is 56.1 Å². The summed E-state index contributed by atoms with van der Waals surface area (Å²) >= 11 is 12.0. The molecule has 0 spiro atoms. The van der Waals surface area contributed by atoms with Crippen LogP contribution in [-0.4, -0.2) is 31.1 Å². The first kappa shape index (κ1) is 15.1. The number of piperidine rings is 1. The minimum Gasteiger partial charge on any atom is -0.316 e. The van der Waals surface area contributed by atoms with Crippen LogP contribution in [0.15, 0.2) is 18.2 Å². The zero-order valence-corrected chi connectivity index (χ0v) is 13.0. The van der Waals surface area contributed by atoms with E-state index in [0.717, 1.165) is 32.1 Å². The van der Waals surface area contributed by atoms with Gasteiger partial charge in [0.05, 0.1) is 10.0 Å². The molecule has 1 fully saturated rings. The Balaban J connectivity index is 1.92. The summed E-state index contributed by atoms with van der Waals surface area (Å²) < 4.78 is 0. The smallest absolute Gasteiger partial charge is 0.0595 e. The lowest BCUT2D eigenvalue weighted by atomic mass is 9.99. The molecule has 1 atom stereocenters. The van der Waals surface area contributed by atoms with Crippen molar-refractivity contribution in [2.75, 3.05) is 26.2 Å². The van der Waals surface area contributed by atoms with E-state index in [4.69, 9.17) is 23.2 Å². The molecule has 0 radical (unpaired) electrons. The van der Waals surface area contributed by atoms with Crippen LogP contribution < -0.4 is 5.32 Å². The first-order valence-corrected chi connectivity index (χ1v) is 7.81. The van der Waals surface area contributed by atoms with E-state index in [1.165, 1.54) is 24.9 Å². The average Bonchev–Trinajstić information content (AvgIpc) is 2.43. The highest BCUT2D eigenvalue weighted by molar-refractivity contribution is 6.42. The molecule has 1 saturated heterocycles. The molecule has 106 valence electrons. The van der Waals surface area contributed by atoms with Crippen LogP contribution in [0.2, 0.25) is 10.0 Å². The molecule has 0 aromatic heterocycles. The Hall–Kier alpha value is -0.280. The van der Waals surface area contributed by atoms with Gasteiger partial charge in [-0.15, -0.1) is 0 Å². The lowest BCUT2D eigenvalue weighted by Gasteiger charge is -2.29. The first-order chi connectivity index (χ1) is 9.19. The molecule has 19 heavy (non-hydrogen) atoms. The molecule has 1 N–H and O–H groups in total. The van der Waals surface area contributed by atoms with Gasteiger partial charge >= 0.3 is 0 Å². The van der Waals surface area contributed by atoms with Crippen molar-refractivity contribution in [3.8, 4) is 0 Å². The molecular weight excluding hydrogens is 279 g/mol. The van der Waals surface area contributed by atoms with Crippen LogP contribution in [0.1, 0.15) is 25.3 Å². The maximum atomic E-state index is 6.07. The number of rotatable bonds is 5. The molecule has 0 aliphatic carbocycles. The van der Waals surface area contributed by atoms with Crippen molar-refractivity contribution in [2.24, 2.45) is 5.92 Å². The van der Waals surface area contributed by atoms with Crippen LogP contribution >= 0.6 is 23.2 Å². The fraction of sp³-hybridized carbons (Fsp3) is 0.600. The van der Waals surface area contributed by atoms with Crippen molar-refractivity contribution in [2.45, 2.75) is 26.3 Å². The Morgan fingerprint density at radius 2 is 2.16 bits per heavy atom. The van der Waals surface area contributed by atoms with E-state index in [1.54, 1.807) is 0 Å². The van der Waals surface area contributed by atoms with Crippen LogP contribution in [-0.2, 0) is 6.54 Å². The quantitative estimate of drug-likeness (QED) is 0.889. The fourth-order valence-corrected chi connectivity index (χ4v) is 2.97. The third kappa shape index (κ3) is 4.64. The van der Waals surface area contributed by atoms with E-state index in [9.17, 15) is 0 Å². The van der Waals surface area contributed by atoms with Crippen molar-refractivity contribution < 1.29 is 0 Å². The van der Waals surface area contributed by atoms with E-state index < -0.39 is 0 Å². The Kier molecular flexibility index (Phi) is 5.96. The molecule has 2 rings (SSSR count). The van der Waals surface area contributed by atoms with Crippen molar-refractivity contribution in [3.05, 3.63) is 33.8 Å². The van der Waals surface area contributed by atoms with Crippen molar-refractivity contribution in [1.29, 1.82) is 0 Å². The van der Waals surface area contributed by atoms with Crippen molar-refractivity contribution in [1.82, 2.24) is 10.2 Å². The zero-order chi connectivity index (χ0) is 13.7. The third-order valence-corrected chi connectivity index (χ3v) is 4.49.